The lowest BCUT2D eigenvalue weighted by atomic mass is 10.0. The largest absolute Gasteiger partial charge is 0.478 e. The van der Waals surface area contributed by atoms with Crippen molar-refractivity contribution in [3.63, 3.8) is 0 Å². The fourth-order valence-electron chi connectivity index (χ4n) is 3.56. The molecule has 0 saturated heterocycles. The van der Waals surface area contributed by atoms with Gasteiger partial charge in [-0.25, -0.2) is 9.78 Å². The Bertz CT molecular complexity index is 1240. The highest BCUT2D eigenvalue weighted by Gasteiger charge is 2.35. The van der Waals surface area contributed by atoms with Gasteiger partial charge in [-0.1, -0.05) is 17.7 Å². The molecule has 0 radical (unpaired) electrons. The van der Waals surface area contributed by atoms with Crippen LogP contribution in [0.4, 0.5) is 18.9 Å². The number of carbonyl (C=O) groups excluding carboxylic acids is 1. The molecule has 0 bridgehead atoms. The van der Waals surface area contributed by atoms with Gasteiger partial charge in [0, 0.05) is 17.8 Å². The van der Waals surface area contributed by atoms with E-state index in [9.17, 15) is 27.9 Å². The number of carboxylic acid groups (broad SMARTS) is 1. The molecule has 0 unspecified atom stereocenters. The first-order valence-electron chi connectivity index (χ1n) is 10.4. The number of benzene rings is 2. The molecule has 0 aliphatic heterocycles. The molecule has 2 aromatic carbocycles. The zero-order chi connectivity index (χ0) is 25.2. The van der Waals surface area contributed by atoms with Crippen molar-refractivity contribution < 1.29 is 32.6 Å². The van der Waals surface area contributed by atoms with Crippen molar-refractivity contribution in [3.8, 4) is 11.6 Å². The van der Waals surface area contributed by atoms with Crippen molar-refractivity contribution in [2.45, 2.75) is 39.9 Å². The van der Waals surface area contributed by atoms with E-state index in [1.165, 1.54) is 17.0 Å². The summed E-state index contributed by atoms with van der Waals surface area (Å²) in [6.07, 6.45) is -3.56. The molecule has 1 aromatic heterocycles. The Morgan fingerprint density at radius 3 is 2.32 bits per heavy atom. The van der Waals surface area contributed by atoms with Gasteiger partial charge >= 0.3 is 12.1 Å². The Hall–Kier alpha value is -3.88. The van der Waals surface area contributed by atoms with Crippen molar-refractivity contribution in [2.75, 3.05) is 4.90 Å². The third-order valence-corrected chi connectivity index (χ3v) is 5.10. The van der Waals surface area contributed by atoms with E-state index in [-0.39, 0.29) is 17.0 Å². The van der Waals surface area contributed by atoms with Gasteiger partial charge < -0.3 is 14.7 Å². The number of nitrogens with zero attached hydrogens (tertiary/aromatic N) is 2. The summed E-state index contributed by atoms with van der Waals surface area (Å²) in [4.78, 5) is 30.4. The highest BCUT2D eigenvalue weighted by Crippen LogP contribution is 2.37. The van der Waals surface area contributed by atoms with E-state index in [0.29, 0.717) is 5.56 Å². The van der Waals surface area contributed by atoms with Crippen LogP contribution in [0.15, 0.2) is 54.7 Å². The van der Waals surface area contributed by atoms with E-state index in [1.54, 1.807) is 32.9 Å². The number of halogens is 3. The lowest BCUT2D eigenvalue weighted by Crippen LogP contribution is -2.38. The number of carboxylic acids is 1. The second-order valence-electron chi connectivity index (χ2n) is 8.03. The van der Waals surface area contributed by atoms with E-state index in [1.807, 2.05) is 13.0 Å². The smallest absolute Gasteiger partial charge is 0.421 e. The zero-order valence-electron chi connectivity index (χ0n) is 19.0. The van der Waals surface area contributed by atoms with Gasteiger partial charge in [0.05, 0.1) is 11.3 Å². The van der Waals surface area contributed by atoms with Crippen molar-refractivity contribution >= 4 is 17.6 Å². The third-order valence-electron chi connectivity index (χ3n) is 5.10. The molecule has 0 spiro atoms. The number of ether oxygens (including phenoxy) is 1. The van der Waals surface area contributed by atoms with Crippen LogP contribution in [0.1, 0.15) is 51.3 Å². The number of alkyl halides is 3. The number of hydrogen-bond acceptors (Lipinski definition) is 4. The molecule has 0 aliphatic rings. The molecule has 0 fully saturated rings. The average molecular weight is 472 g/mol. The number of anilines is 1. The van der Waals surface area contributed by atoms with Gasteiger partial charge in [-0.3, -0.25) is 4.79 Å². The molecule has 0 atom stereocenters. The minimum absolute atomic E-state index is 0.0943. The maximum absolute atomic E-state index is 13.4. The second kappa shape index (κ2) is 9.54. The number of aromatic nitrogens is 1. The fourth-order valence-corrected chi connectivity index (χ4v) is 3.56. The van der Waals surface area contributed by atoms with Crippen molar-refractivity contribution in [1.29, 1.82) is 0 Å². The minimum atomic E-state index is -4.70. The van der Waals surface area contributed by atoms with Crippen LogP contribution >= 0.6 is 0 Å². The van der Waals surface area contributed by atoms with Crippen LogP contribution in [-0.2, 0) is 6.18 Å². The summed E-state index contributed by atoms with van der Waals surface area (Å²) in [7, 11) is 0. The Morgan fingerprint density at radius 2 is 1.74 bits per heavy atom. The van der Waals surface area contributed by atoms with Crippen LogP contribution in [0.5, 0.6) is 11.6 Å². The molecule has 0 aliphatic carbocycles. The Kier molecular flexibility index (Phi) is 6.95. The molecule has 1 amide bonds. The lowest BCUT2D eigenvalue weighted by Gasteiger charge is -2.29. The van der Waals surface area contributed by atoms with Crippen LogP contribution in [0.3, 0.4) is 0 Å². The van der Waals surface area contributed by atoms with Crippen molar-refractivity contribution in [1.82, 2.24) is 4.98 Å². The number of pyridine rings is 1. The maximum Gasteiger partial charge on any atom is 0.421 e. The molecule has 3 rings (SSSR count). The first kappa shape index (κ1) is 24.8. The number of amides is 1. The van der Waals surface area contributed by atoms with E-state index in [4.69, 9.17) is 4.74 Å². The SMILES string of the molecule is Cc1ccc(C(=O)N(c2ccc(Oc3ncccc3C(F)(F)F)cc2C(=O)O)C(C)C)c(C)c1. The minimum Gasteiger partial charge on any atom is -0.478 e. The number of aromatic carboxylic acids is 1. The monoisotopic (exact) mass is 472 g/mol. The predicted octanol–water partition coefficient (Wildman–Crippen LogP) is 6.26. The first-order valence-corrected chi connectivity index (χ1v) is 10.4. The highest BCUT2D eigenvalue weighted by molar-refractivity contribution is 6.10. The topological polar surface area (TPSA) is 79.7 Å². The molecular weight excluding hydrogens is 449 g/mol. The molecule has 9 heteroatoms. The third kappa shape index (κ3) is 5.19. The molecule has 1 heterocycles. The molecule has 34 heavy (non-hydrogen) atoms. The fraction of sp³-hybridized carbons (Fsp3) is 0.240. The first-order chi connectivity index (χ1) is 15.9. The van der Waals surface area contributed by atoms with Crippen LogP contribution < -0.4 is 9.64 Å². The van der Waals surface area contributed by atoms with E-state index >= 15 is 0 Å². The summed E-state index contributed by atoms with van der Waals surface area (Å²) in [6, 6.07) is 10.6. The molecule has 6 nitrogen and oxygen atoms in total. The summed E-state index contributed by atoms with van der Waals surface area (Å²) in [5.41, 5.74) is 0.836. The lowest BCUT2D eigenvalue weighted by molar-refractivity contribution is -0.138. The van der Waals surface area contributed by atoms with E-state index in [0.717, 1.165) is 35.5 Å². The Labute approximate surface area is 194 Å². The van der Waals surface area contributed by atoms with Crippen LogP contribution in [0.2, 0.25) is 0 Å². The highest BCUT2D eigenvalue weighted by atomic mass is 19.4. The zero-order valence-corrected chi connectivity index (χ0v) is 19.0. The molecule has 178 valence electrons. The van der Waals surface area contributed by atoms with Gasteiger partial charge in [0.15, 0.2) is 0 Å². The Morgan fingerprint density at radius 1 is 1.03 bits per heavy atom. The maximum atomic E-state index is 13.4. The predicted molar refractivity (Wildman–Crippen MR) is 121 cm³/mol. The van der Waals surface area contributed by atoms with Gasteiger partial charge in [0.25, 0.3) is 5.91 Å². The summed E-state index contributed by atoms with van der Waals surface area (Å²) >= 11 is 0. The number of rotatable bonds is 6. The molecule has 1 N–H and O–H groups in total. The molecule has 0 saturated carbocycles. The van der Waals surface area contributed by atoms with Crippen molar-refractivity contribution in [2.24, 2.45) is 0 Å². The molecular formula is C25H23F3N2O4. The van der Waals surface area contributed by atoms with E-state index < -0.39 is 35.5 Å². The van der Waals surface area contributed by atoms with Crippen LogP contribution in [0.25, 0.3) is 0 Å². The van der Waals surface area contributed by atoms with Crippen LogP contribution in [0, 0.1) is 13.8 Å². The summed E-state index contributed by atoms with van der Waals surface area (Å²) in [6.45, 7) is 7.16. The average Bonchev–Trinajstić information content (AvgIpc) is 2.74. The van der Waals surface area contributed by atoms with Gasteiger partial charge in [-0.2, -0.15) is 13.2 Å². The van der Waals surface area contributed by atoms with Crippen LogP contribution in [-0.4, -0.2) is 28.0 Å². The Balaban J connectivity index is 2.05. The molecule has 3 aromatic rings. The normalized spacial score (nSPS) is 11.4. The quantitative estimate of drug-likeness (QED) is 0.458. The van der Waals surface area contributed by atoms with Crippen molar-refractivity contribution in [3.05, 3.63) is 82.5 Å². The van der Waals surface area contributed by atoms with Gasteiger partial charge in [-0.05, 0) is 69.7 Å². The second-order valence-corrected chi connectivity index (χ2v) is 8.03. The standard InChI is InChI=1S/C25H23F3N2O4/c1-14(2)30(23(31)18-9-7-15(3)12-16(18)4)21-10-8-17(13-19(21)24(32)33)34-22-20(25(26,27)28)6-5-11-29-22/h5-14H,1-4H3,(H,32,33). The number of aryl methyl sites for hydroxylation is 2. The van der Waals surface area contributed by atoms with Gasteiger partial charge in [0.1, 0.15) is 11.3 Å². The van der Waals surface area contributed by atoms with E-state index in [2.05, 4.69) is 4.98 Å². The van der Waals surface area contributed by atoms with Gasteiger partial charge in [0.2, 0.25) is 5.88 Å². The summed E-state index contributed by atoms with van der Waals surface area (Å²) in [5.74, 6) is -2.62. The number of carbonyl (C=O) groups is 2. The number of hydrogen-bond donors (Lipinski definition) is 1. The van der Waals surface area contributed by atoms with Gasteiger partial charge in [-0.15, -0.1) is 0 Å². The summed E-state index contributed by atoms with van der Waals surface area (Å²) < 4.78 is 45.1. The summed E-state index contributed by atoms with van der Waals surface area (Å²) in [5, 5.41) is 9.82.